The summed E-state index contributed by atoms with van der Waals surface area (Å²) in [7, 11) is 3.18. The molecule has 0 bridgehead atoms. The largest absolute Gasteiger partial charge is 0.492 e. The van der Waals surface area contributed by atoms with E-state index in [1.54, 1.807) is 14.2 Å². The molecule has 0 aromatic rings. The molecule has 0 heterocycles. The average molecular weight is 150 g/mol. The Bertz CT molecular complexity index is 285. The van der Waals surface area contributed by atoms with Crippen molar-refractivity contribution < 1.29 is 9.47 Å². The highest BCUT2D eigenvalue weighted by atomic mass is 16.5. The van der Waals surface area contributed by atoms with Gasteiger partial charge in [-0.05, 0) is 18.7 Å². The van der Waals surface area contributed by atoms with Crippen LogP contribution < -0.4 is 0 Å². The van der Waals surface area contributed by atoms with Gasteiger partial charge in [-0.25, -0.2) is 0 Å². The molecule has 1 aliphatic carbocycles. The van der Waals surface area contributed by atoms with Crippen molar-refractivity contribution in [1.29, 1.82) is 0 Å². The third-order valence-electron chi connectivity index (χ3n) is 1.37. The molecule has 2 nitrogen and oxygen atoms in total. The molecule has 0 aromatic carbocycles. The molecule has 0 unspecified atom stereocenters. The van der Waals surface area contributed by atoms with E-state index in [2.05, 4.69) is 11.5 Å². The highest BCUT2D eigenvalue weighted by Crippen LogP contribution is 2.15. The summed E-state index contributed by atoms with van der Waals surface area (Å²) in [5.41, 5.74) is 6.72. The summed E-state index contributed by atoms with van der Waals surface area (Å²) >= 11 is 0. The minimum Gasteiger partial charge on any atom is -0.492 e. The highest BCUT2D eigenvalue weighted by molar-refractivity contribution is 5.32. The molecule has 2 heteroatoms. The number of hydrogen-bond acceptors (Lipinski definition) is 2. The monoisotopic (exact) mass is 150 g/mol. The number of methoxy groups -OCH3 is 2. The summed E-state index contributed by atoms with van der Waals surface area (Å²) in [6.45, 7) is 1.93. The predicted octanol–water partition coefficient (Wildman–Crippen LogP) is 1.76. The molecule has 1 rings (SSSR count). The van der Waals surface area contributed by atoms with Gasteiger partial charge in [0, 0.05) is 5.57 Å². The van der Waals surface area contributed by atoms with Gasteiger partial charge >= 0.3 is 0 Å². The van der Waals surface area contributed by atoms with Gasteiger partial charge in [-0.1, -0.05) is 5.73 Å². The molecule has 1 aliphatic rings. The van der Waals surface area contributed by atoms with E-state index in [-0.39, 0.29) is 0 Å². The second-order valence-corrected chi connectivity index (χ2v) is 2.18. The average Bonchev–Trinajstić information content (AvgIpc) is 2.04. The van der Waals surface area contributed by atoms with Crippen molar-refractivity contribution in [2.75, 3.05) is 14.2 Å². The van der Waals surface area contributed by atoms with Crippen molar-refractivity contribution in [1.82, 2.24) is 0 Å². The SMILES string of the molecule is COC1=C=C=C(C)C=C1OC. The molecule has 0 fully saturated rings. The lowest BCUT2D eigenvalue weighted by molar-refractivity contribution is 0.220. The van der Waals surface area contributed by atoms with E-state index in [4.69, 9.17) is 9.47 Å². The summed E-state index contributed by atoms with van der Waals surface area (Å²) in [4.78, 5) is 0. The van der Waals surface area contributed by atoms with Crippen LogP contribution in [0.4, 0.5) is 0 Å². The van der Waals surface area contributed by atoms with E-state index in [1.165, 1.54) is 0 Å². The maximum absolute atomic E-state index is 5.04. The fourth-order valence-corrected chi connectivity index (χ4v) is 0.818. The quantitative estimate of drug-likeness (QED) is 0.558. The van der Waals surface area contributed by atoms with Crippen LogP contribution in [-0.2, 0) is 9.47 Å². The molecule has 0 aliphatic heterocycles. The van der Waals surface area contributed by atoms with Gasteiger partial charge < -0.3 is 9.47 Å². The zero-order valence-electron chi connectivity index (χ0n) is 6.89. The van der Waals surface area contributed by atoms with Crippen LogP contribution >= 0.6 is 0 Å². The van der Waals surface area contributed by atoms with E-state index in [0.29, 0.717) is 11.5 Å². The van der Waals surface area contributed by atoms with Crippen molar-refractivity contribution in [3.05, 3.63) is 34.6 Å². The van der Waals surface area contributed by atoms with Crippen LogP contribution in [0.3, 0.4) is 0 Å². The van der Waals surface area contributed by atoms with E-state index in [0.717, 1.165) is 5.57 Å². The number of hydrogen-bond donors (Lipinski definition) is 0. The lowest BCUT2D eigenvalue weighted by Gasteiger charge is -2.08. The normalized spacial score (nSPS) is 15.0. The standard InChI is InChI=1S/C9H10O2/c1-7-4-5-8(10-2)9(6-7)11-3/h6H,1-3H3. The molecule has 0 radical (unpaired) electrons. The van der Waals surface area contributed by atoms with Crippen LogP contribution in [0, 0.1) is 0 Å². The van der Waals surface area contributed by atoms with Gasteiger partial charge in [-0.3, -0.25) is 0 Å². The van der Waals surface area contributed by atoms with Gasteiger partial charge in [-0.15, -0.1) is 0 Å². The Balaban J connectivity index is 3.07. The zero-order chi connectivity index (χ0) is 8.27. The predicted molar refractivity (Wildman–Crippen MR) is 41.8 cm³/mol. The molecule has 58 valence electrons. The van der Waals surface area contributed by atoms with Gasteiger partial charge in [0.2, 0.25) is 5.76 Å². The number of allylic oxidation sites excluding steroid dienone is 2. The summed E-state index contributed by atoms with van der Waals surface area (Å²) in [6.07, 6.45) is 1.86. The zero-order valence-corrected chi connectivity index (χ0v) is 6.89. The lowest BCUT2D eigenvalue weighted by atomic mass is 10.2. The molecule has 0 aromatic heterocycles. The molecule has 0 saturated carbocycles. The first-order valence-electron chi connectivity index (χ1n) is 3.30. The van der Waals surface area contributed by atoms with E-state index in [9.17, 15) is 0 Å². The van der Waals surface area contributed by atoms with Gasteiger partial charge in [0.05, 0.1) is 14.2 Å². The third kappa shape index (κ3) is 1.56. The first kappa shape index (κ1) is 7.74. The van der Waals surface area contributed by atoms with Crippen molar-refractivity contribution in [3.8, 4) is 0 Å². The van der Waals surface area contributed by atoms with Crippen LogP contribution in [0.5, 0.6) is 0 Å². The first-order valence-corrected chi connectivity index (χ1v) is 3.30. The molecule has 0 spiro atoms. The smallest absolute Gasteiger partial charge is 0.212 e. The Morgan fingerprint density at radius 1 is 1.18 bits per heavy atom. The maximum Gasteiger partial charge on any atom is 0.212 e. The molecule has 11 heavy (non-hydrogen) atoms. The fourth-order valence-electron chi connectivity index (χ4n) is 0.818. The lowest BCUT2D eigenvalue weighted by Crippen LogP contribution is -1.96. The third-order valence-corrected chi connectivity index (χ3v) is 1.37. The minimum absolute atomic E-state index is 0.595. The Hall–Kier alpha value is -1.36. The van der Waals surface area contributed by atoms with Crippen LogP contribution in [0.15, 0.2) is 34.6 Å². The molecule has 0 saturated heterocycles. The summed E-state index contributed by atoms with van der Waals surface area (Å²) < 4.78 is 10.0. The maximum atomic E-state index is 5.04. The van der Waals surface area contributed by atoms with Crippen molar-refractivity contribution >= 4 is 0 Å². The fraction of sp³-hybridized carbons (Fsp3) is 0.333. The van der Waals surface area contributed by atoms with E-state index >= 15 is 0 Å². The summed E-state index contributed by atoms with van der Waals surface area (Å²) in [6, 6.07) is 0. The Labute approximate surface area is 66.1 Å². The highest BCUT2D eigenvalue weighted by Gasteiger charge is 2.06. The van der Waals surface area contributed by atoms with Crippen molar-refractivity contribution in [2.45, 2.75) is 6.92 Å². The minimum atomic E-state index is 0.595. The molecular weight excluding hydrogens is 140 g/mol. The second kappa shape index (κ2) is 3.16. The van der Waals surface area contributed by atoms with E-state index in [1.807, 2.05) is 13.0 Å². The second-order valence-electron chi connectivity index (χ2n) is 2.18. The Morgan fingerprint density at radius 3 is 2.45 bits per heavy atom. The van der Waals surface area contributed by atoms with Gasteiger partial charge in [0.1, 0.15) is 0 Å². The van der Waals surface area contributed by atoms with Crippen LogP contribution in [0.2, 0.25) is 0 Å². The van der Waals surface area contributed by atoms with Gasteiger partial charge in [-0.2, -0.15) is 0 Å². The number of rotatable bonds is 2. The molecule has 0 N–H and O–H groups in total. The Morgan fingerprint density at radius 2 is 1.91 bits per heavy atom. The van der Waals surface area contributed by atoms with Crippen molar-refractivity contribution in [2.24, 2.45) is 0 Å². The number of ether oxygens (including phenoxy) is 2. The van der Waals surface area contributed by atoms with E-state index < -0.39 is 0 Å². The first-order chi connectivity index (χ1) is 5.27. The van der Waals surface area contributed by atoms with Gasteiger partial charge in [0.15, 0.2) is 5.76 Å². The summed E-state index contributed by atoms with van der Waals surface area (Å²) in [5, 5.41) is 0. The van der Waals surface area contributed by atoms with Gasteiger partial charge in [0.25, 0.3) is 0 Å². The molecule has 0 amide bonds. The molecule has 0 atom stereocenters. The Kier molecular flexibility index (Phi) is 2.22. The van der Waals surface area contributed by atoms with Crippen molar-refractivity contribution in [3.63, 3.8) is 0 Å². The van der Waals surface area contributed by atoms with Crippen LogP contribution in [0.1, 0.15) is 6.92 Å². The summed E-state index contributed by atoms with van der Waals surface area (Å²) in [5.74, 6) is 1.29. The molecular formula is C9H10O2. The van der Waals surface area contributed by atoms with Crippen LogP contribution in [0.25, 0.3) is 0 Å². The topological polar surface area (TPSA) is 18.5 Å². The van der Waals surface area contributed by atoms with Crippen LogP contribution in [-0.4, -0.2) is 14.2 Å².